The Balaban J connectivity index is 2.28. The molecule has 1 saturated heterocycles. The van der Waals surface area contributed by atoms with Crippen molar-refractivity contribution in [1.82, 2.24) is 9.55 Å². The Bertz CT molecular complexity index is 712. The van der Waals surface area contributed by atoms with Gasteiger partial charge in [-0.25, -0.2) is 4.79 Å². The van der Waals surface area contributed by atoms with Crippen molar-refractivity contribution in [1.29, 1.82) is 0 Å². The van der Waals surface area contributed by atoms with Gasteiger partial charge in [0.1, 0.15) is 17.8 Å². The van der Waals surface area contributed by atoms with Gasteiger partial charge in [0.2, 0.25) is 0 Å². The van der Waals surface area contributed by atoms with Gasteiger partial charge in [-0.05, 0) is 29.4 Å². The van der Waals surface area contributed by atoms with Gasteiger partial charge in [-0.3, -0.25) is 18.9 Å². The molecule has 0 aliphatic carbocycles. The van der Waals surface area contributed by atoms with E-state index in [2.05, 4.69) is 4.52 Å². The van der Waals surface area contributed by atoms with E-state index in [0.717, 1.165) is 16.8 Å². The molecule has 124 valence electrons. The highest BCUT2D eigenvalue weighted by molar-refractivity contribution is 8.05. The number of hydrogen-bond donors (Lipinski definition) is 3. The normalized spacial score (nSPS) is 32.3. The van der Waals surface area contributed by atoms with Crippen LogP contribution in [0.4, 0.5) is 0 Å². The molecule has 1 aromatic rings. The summed E-state index contributed by atoms with van der Waals surface area (Å²) in [6.45, 7) is 0.775. The number of nitrogens with zero attached hydrogens (tertiary/aromatic N) is 1. The molecule has 2 heterocycles. The summed E-state index contributed by atoms with van der Waals surface area (Å²) in [5, 5.41) is 20.4. The lowest BCUT2D eigenvalue weighted by Gasteiger charge is -2.27. The Morgan fingerprint density at radius 2 is 2.18 bits per heavy atom. The van der Waals surface area contributed by atoms with Gasteiger partial charge in [-0.15, -0.1) is 0 Å². The average molecular weight is 375 g/mol. The van der Waals surface area contributed by atoms with E-state index in [0.29, 0.717) is 0 Å². The topological polar surface area (TPSA) is 131 Å². The molecular weight excluding hydrogens is 362 g/mol. The van der Waals surface area contributed by atoms with Crippen molar-refractivity contribution in [3.63, 3.8) is 0 Å². The van der Waals surface area contributed by atoms with Gasteiger partial charge in [0.05, 0.1) is 6.61 Å². The van der Waals surface area contributed by atoms with E-state index in [1.54, 1.807) is 0 Å². The molecule has 2 rings (SSSR count). The summed E-state index contributed by atoms with van der Waals surface area (Å²) in [4.78, 5) is 24.8. The highest BCUT2D eigenvalue weighted by Crippen LogP contribution is 2.58. The van der Waals surface area contributed by atoms with E-state index in [1.165, 1.54) is 6.92 Å². The van der Waals surface area contributed by atoms with Crippen LogP contribution in [0.15, 0.2) is 21.9 Å². The van der Waals surface area contributed by atoms with Crippen molar-refractivity contribution in [2.45, 2.75) is 31.0 Å². The molecule has 3 N–H and O–H groups in total. The molecule has 1 aliphatic heterocycles. The number of aromatic nitrogens is 2. The summed E-state index contributed by atoms with van der Waals surface area (Å²) >= 11 is 10.5. The van der Waals surface area contributed by atoms with Crippen LogP contribution in [-0.4, -0.2) is 44.2 Å². The predicted octanol–water partition coefficient (Wildman–Crippen LogP) is 0.148. The zero-order valence-corrected chi connectivity index (χ0v) is 13.6. The Hall–Kier alpha value is -0.670. The zero-order chi connectivity index (χ0) is 16.7. The van der Waals surface area contributed by atoms with Crippen molar-refractivity contribution in [3.05, 3.63) is 33.1 Å². The summed E-state index contributed by atoms with van der Waals surface area (Å²) < 4.78 is 22.0. The van der Waals surface area contributed by atoms with Crippen LogP contribution in [0.5, 0.6) is 0 Å². The first-order chi connectivity index (χ1) is 10.0. The first kappa shape index (κ1) is 17.7. The van der Waals surface area contributed by atoms with E-state index in [1.807, 2.05) is 4.98 Å². The minimum atomic E-state index is -3.84. The number of ether oxygens (including phenoxy) is 1. The monoisotopic (exact) mass is 374 g/mol. The van der Waals surface area contributed by atoms with Gasteiger partial charge >= 0.3 is 11.8 Å². The van der Waals surface area contributed by atoms with Crippen LogP contribution in [0.2, 0.25) is 0 Å². The van der Waals surface area contributed by atoms with E-state index in [4.69, 9.17) is 27.2 Å². The van der Waals surface area contributed by atoms with Crippen LogP contribution in [-0.2, 0) is 13.8 Å². The largest absolute Gasteiger partial charge is 0.387 e. The Kier molecular flexibility index (Phi) is 4.89. The van der Waals surface area contributed by atoms with Crippen molar-refractivity contribution >= 4 is 28.6 Å². The number of halogens is 2. The number of aliphatic hydroxyl groups excluding tert-OH is 1. The first-order valence-electron chi connectivity index (χ1n) is 6.03. The number of rotatable bonds is 4. The summed E-state index contributed by atoms with van der Waals surface area (Å²) in [6.07, 6.45) is -6.63. The molecule has 0 spiro atoms. The molecule has 9 nitrogen and oxygen atoms in total. The number of nitrogens with one attached hydrogen (secondary N) is 1. The summed E-state index contributed by atoms with van der Waals surface area (Å²) in [5.41, 5.74) is -3.32. The number of hydrogen-bond acceptors (Lipinski definition) is 7. The standard InChI is InChI=1S/C10H13Cl2N2O7P/c1-10(18)7(16)5(4-20-22(11,12)19)21-8(10)14-3-2-6(15)13-9(14)17/h2-3,5,7-8,16,18H,4H2,1H3,(H,13,15,17)/t5-,7-,8?,10-/m1/s1. The molecule has 1 aromatic heterocycles. The van der Waals surface area contributed by atoms with Gasteiger partial charge in [0.15, 0.2) is 6.23 Å². The van der Waals surface area contributed by atoms with Crippen LogP contribution in [0.3, 0.4) is 0 Å². The van der Waals surface area contributed by atoms with Crippen molar-refractivity contribution < 1.29 is 24.0 Å². The van der Waals surface area contributed by atoms with Gasteiger partial charge in [0.25, 0.3) is 5.56 Å². The maximum absolute atomic E-state index is 11.8. The summed E-state index contributed by atoms with van der Waals surface area (Å²) in [6, 6.07) is 1.06. The second-order valence-electron chi connectivity index (χ2n) is 4.93. The van der Waals surface area contributed by atoms with Crippen molar-refractivity contribution in [2.24, 2.45) is 0 Å². The van der Waals surface area contributed by atoms with Crippen molar-refractivity contribution in [3.8, 4) is 0 Å². The van der Waals surface area contributed by atoms with Crippen molar-refractivity contribution in [2.75, 3.05) is 6.61 Å². The first-order valence-corrected chi connectivity index (χ1v) is 9.47. The van der Waals surface area contributed by atoms with Gasteiger partial charge < -0.3 is 19.5 Å². The van der Waals surface area contributed by atoms with Gasteiger partial charge in [-0.1, -0.05) is 0 Å². The van der Waals surface area contributed by atoms with Crippen LogP contribution < -0.4 is 11.2 Å². The van der Waals surface area contributed by atoms with Crippen LogP contribution in [0.1, 0.15) is 13.2 Å². The fraction of sp³-hybridized carbons (Fsp3) is 0.600. The molecule has 0 radical (unpaired) electrons. The third-order valence-corrected chi connectivity index (χ3v) is 4.28. The van der Waals surface area contributed by atoms with Crippen LogP contribution in [0, 0.1) is 0 Å². The Morgan fingerprint density at radius 1 is 1.55 bits per heavy atom. The molecule has 0 saturated carbocycles. The molecular formula is C10H13Cl2N2O7P. The number of aromatic amines is 1. The predicted molar refractivity (Wildman–Crippen MR) is 77.1 cm³/mol. The fourth-order valence-electron chi connectivity index (χ4n) is 2.15. The quantitative estimate of drug-likeness (QED) is 0.639. The van der Waals surface area contributed by atoms with E-state index in [9.17, 15) is 24.4 Å². The number of aliphatic hydroxyl groups is 2. The van der Waals surface area contributed by atoms with E-state index >= 15 is 0 Å². The van der Waals surface area contributed by atoms with E-state index < -0.39 is 48.0 Å². The number of H-pyrrole nitrogens is 1. The second kappa shape index (κ2) is 6.09. The lowest BCUT2D eigenvalue weighted by molar-refractivity contribution is -0.0983. The minimum absolute atomic E-state index is 0.462. The molecule has 4 atom stereocenters. The average Bonchev–Trinajstić information content (AvgIpc) is 2.59. The third-order valence-electron chi connectivity index (χ3n) is 3.25. The van der Waals surface area contributed by atoms with Crippen LogP contribution in [0.25, 0.3) is 0 Å². The molecule has 0 aromatic carbocycles. The lowest BCUT2D eigenvalue weighted by Crippen LogP contribution is -2.46. The van der Waals surface area contributed by atoms with Gasteiger partial charge in [0, 0.05) is 12.3 Å². The highest BCUT2D eigenvalue weighted by atomic mass is 35.9. The highest BCUT2D eigenvalue weighted by Gasteiger charge is 2.53. The maximum Gasteiger partial charge on any atom is 0.380 e. The molecule has 1 aliphatic rings. The maximum atomic E-state index is 11.8. The van der Waals surface area contributed by atoms with Gasteiger partial charge in [-0.2, -0.15) is 0 Å². The van der Waals surface area contributed by atoms with Crippen LogP contribution >= 0.6 is 28.6 Å². The Labute approximate surface area is 133 Å². The minimum Gasteiger partial charge on any atom is -0.387 e. The van der Waals surface area contributed by atoms with E-state index in [-0.39, 0.29) is 0 Å². The Morgan fingerprint density at radius 3 is 2.73 bits per heavy atom. The smallest absolute Gasteiger partial charge is 0.380 e. The SMILES string of the molecule is C[C@]1(O)C(n2ccc(=O)[nH]c2=O)O[C@H](COP(=O)(Cl)Cl)[C@H]1O. The third kappa shape index (κ3) is 3.62. The summed E-state index contributed by atoms with van der Waals surface area (Å²) in [5.74, 6) is 0. The molecule has 12 heteroatoms. The molecule has 0 bridgehead atoms. The molecule has 1 fully saturated rings. The second-order valence-corrected chi connectivity index (χ2v) is 9.20. The lowest BCUT2D eigenvalue weighted by atomic mass is 9.96. The molecule has 1 unspecified atom stereocenters. The fourth-order valence-corrected chi connectivity index (χ4v) is 2.81. The molecule has 22 heavy (non-hydrogen) atoms. The zero-order valence-electron chi connectivity index (χ0n) is 11.2. The molecule has 0 amide bonds. The summed E-state index contributed by atoms with van der Waals surface area (Å²) in [7, 11) is 0.